The van der Waals surface area contributed by atoms with E-state index in [0.717, 1.165) is 50.5 Å². The molecule has 0 aromatic carbocycles. The van der Waals surface area contributed by atoms with Gasteiger partial charge in [-0.15, -0.1) is 0 Å². The van der Waals surface area contributed by atoms with Crippen LogP contribution in [0.3, 0.4) is 0 Å². The maximum Gasteiger partial charge on any atom is 0.328 e. The number of carbonyl (C=O) groups excluding carboxylic acids is 1. The zero-order valence-electron chi connectivity index (χ0n) is 20.2. The number of unbranched alkanes of at least 4 members (excludes halogenated alkanes) is 11. The molecule has 0 radical (unpaired) electrons. The Labute approximate surface area is 195 Å². The van der Waals surface area contributed by atoms with Crippen LogP contribution in [0.4, 0.5) is 0 Å². The Balaban J connectivity index is 1.96. The number of aliphatic carboxylic acids is 1. The number of allylic oxidation sites excluding steroid dienone is 2. The summed E-state index contributed by atoms with van der Waals surface area (Å²) in [6.07, 6.45) is 24.6. The highest BCUT2D eigenvalue weighted by Gasteiger charge is 2.15. The van der Waals surface area contributed by atoms with Crippen molar-refractivity contribution in [3.8, 4) is 0 Å². The molecule has 0 atom stereocenters. The number of hydrogen-bond acceptors (Lipinski definition) is 4. The van der Waals surface area contributed by atoms with Gasteiger partial charge in [-0.3, -0.25) is 9.79 Å². The summed E-state index contributed by atoms with van der Waals surface area (Å²) in [5.74, 6) is -0.339. The van der Waals surface area contributed by atoms with E-state index in [9.17, 15) is 9.59 Å². The molecule has 6 nitrogen and oxygen atoms in total. The van der Waals surface area contributed by atoms with Crippen molar-refractivity contribution in [2.75, 3.05) is 26.2 Å². The van der Waals surface area contributed by atoms with Crippen molar-refractivity contribution in [3.05, 3.63) is 24.3 Å². The van der Waals surface area contributed by atoms with E-state index in [2.05, 4.69) is 34.3 Å². The number of nitrogens with one attached hydrogen (secondary N) is 1. The summed E-state index contributed by atoms with van der Waals surface area (Å²) in [4.78, 5) is 28.8. The second-order valence-electron chi connectivity index (χ2n) is 8.58. The van der Waals surface area contributed by atoms with Gasteiger partial charge < -0.3 is 15.3 Å². The van der Waals surface area contributed by atoms with Gasteiger partial charge in [0, 0.05) is 38.2 Å². The molecule has 0 aromatic heterocycles. The Kier molecular flexibility index (Phi) is 17.1. The Bertz CT molecular complexity index is 599. The number of amides is 1. The summed E-state index contributed by atoms with van der Waals surface area (Å²) in [6, 6.07) is 0. The number of carboxylic acid groups (broad SMARTS) is 1. The van der Waals surface area contributed by atoms with Crippen LogP contribution < -0.4 is 5.32 Å². The molecule has 182 valence electrons. The third kappa shape index (κ3) is 15.7. The Hall–Kier alpha value is -2.11. The van der Waals surface area contributed by atoms with Gasteiger partial charge in [0.2, 0.25) is 5.91 Å². The lowest BCUT2D eigenvalue weighted by atomic mass is 10.1. The molecular weight excluding hydrogens is 402 g/mol. The topological polar surface area (TPSA) is 82.0 Å². The lowest BCUT2D eigenvalue weighted by Crippen LogP contribution is -2.36. The minimum Gasteiger partial charge on any atom is -0.478 e. The lowest BCUT2D eigenvalue weighted by molar-refractivity contribution is -0.131. The first kappa shape index (κ1) is 27.9. The number of hydrogen-bond donors (Lipinski definition) is 2. The standard InChI is InChI=1S/C26H45N3O3/c1-2-3-4-5-6-7-8-9-10-11-12-13-14-15-16-17-24-27-20-22-29(24)23-21-28-25(30)18-19-26(31)32/h9-10,18-19H,2-8,11-17,20-23H2,1H3,(H,28,30)(H,31,32). The molecule has 6 heteroatoms. The van der Waals surface area contributed by atoms with Crippen LogP contribution in [-0.2, 0) is 9.59 Å². The maximum absolute atomic E-state index is 11.5. The summed E-state index contributed by atoms with van der Waals surface area (Å²) < 4.78 is 0. The average molecular weight is 448 g/mol. The minimum absolute atomic E-state index is 0.373. The summed E-state index contributed by atoms with van der Waals surface area (Å²) in [5, 5.41) is 11.2. The average Bonchev–Trinajstić information content (AvgIpc) is 3.22. The van der Waals surface area contributed by atoms with Gasteiger partial charge in [-0.25, -0.2) is 4.79 Å². The lowest BCUT2D eigenvalue weighted by Gasteiger charge is -2.20. The molecule has 0 spiro atoms. The molecule has 0 saturated heterocycles. The fourth-order valence-corrected chi connectivity index (χ4v) is 3.88. The Morgan fingerprint density at radius 1 is 0.938 bits per heavy atom. The quantitative estimate of drug-likeness (QED) is 0.147. The number of carboxylic acids is 1. The second-order valence-corrected chi connectivity index (χ2v) is 8.58. The van der Waals surface area contributed by atoms with Crippen molar-refractivity contribution in [2.24, 2.45) is 4.99 Å². The molecule has 1 aliphatic rings. The predicted molar refractivity (Wildman–Crippen MR) is 133 cm³/mol. The minimum atomic E-state index is -1.12. The van der Waals surface area contributed by atoms with Gasteiger partial charge >= 0.3 is 5.97 Å². The molecule has 0 aromatic rings. The van der Waals surface area contributed by atoms with Crippen LogP contribution in [0.2, 0.25) is 0 Å². The molecule has 0 fully saturated rings. The monoisotopic (exact) mass is 447 g/mol. The van der Waals surface area contributed by atoms with Crippen LogP contribution in [0.5, 0.6) is 0 Å². The molecule has 1 aliphatic heterocycles. The van der Waals surface area contributed by atoms with Gasteiger partial charge in [0.25, 0.3) is 0 Å². The predicted octanol–water partition coefficient (Wildman–Crippen LogP) is 5.50. The van der Waals surface area contributed by atoms with E-state index in [1.165, 1.54) is 77.0 Å². The van der Waals surface area contributed by atoms with E-state index in [-0.39, 0.29) is 5.91 Å². The van der Waals surface area contributed by atoms with Gasteiger partial charge in [-0.05, 0) is 32.1 Å². The second kappa shape index (κ2) is 19.6. The van der Waals surface area contributed by atoms with E-state index < -0.39 is 5.97 Å². The zero-order chi connectivity index (χ0) is 23.3. The number of nitrogens with zero attached hydrogens (tertiary/aromatic N) is 2. The summed E-state index contributed by atoms with van der Waals surface area (Å²) in [6.45, 7) is 5.21. The first-order valence-electron chi connectivity index (χ1n) is 12.8. The fourth-order valence-electron chi connectivity index (χ4n) is 3.88. The molecule has 1 rings (SSSR count). The Morgan fingerprint density at radius 2 is 1.56 bits per heavy atom. The largest absolute Gasteiger partial charge is 0.478 e. The molecule has 0 unspecified atom stereocenters. The van der Waals surface area contributed by atoms with Crippen molar-refractivity contribution in [1.82, 2.24) is 10.2 Å². The van der Waals surface area contributed by atoms with Crippen LogP contribution in [0, 0.1) is 0 Å². The first-order valence-corrected chi connectivity index (χ1v) is 12.8. The number of rotatable bonds is 20. The molecule has 1 heterocycles. The number of carbonyl (C=O) groups is 2. The molecule has 1 amide bonds. The van der Waals surface area contributed by atoms with E-state index >= 15 is 0 Å². The number of amidine groups is 1. The maximum atomic E-state index is 11.5. The fraction of sp³-hybridized carbons (Fsp3) is 0.731. The Morgan fingerprint density at radius 3 is 2.22 bits per heavy atom. The summed E-state index contributed by atoms with van der Waals surface area (Å²) in [5.41, 5.74) is 0. The van der Waals surface area contributed by atoms with Crippen molar-refractivity contribution in [1.29, 1.82) is 0 Å². The normalized spacial score (nSPS) is 13.9. The van der Waals surface area contributed by atoms with E-state index in [1.807, 2.05) is 0 Å². The highest BCUT2D eigenvalue weighted by molar-refractivity contribution is 5.93. The van der Waals surface area contributed by atoms with E-state index in [4.69, 9.17) is 5.11 Å². The van der Waals surface area contributed by atoms with Gasteiger partial charge in [0.15, 0.2) is 0 Å². The van der Waals surface area contributed by atoms with Crippen LogP contribution in [0.15, 0.2) is 29.3 Å². The van der Waals surface area contributed by atoms with Crippen LogP contribution in [-0.4, -0.2) is 53.9 Å². The van der Waals surface area contributed by atoms with E-state index in [1.54, 1.807) is 0 Å². The molecule has 0 bridgehead atoms. The molecule has 0 aliphatic carbocycles. The summed E-state index contributed by atoms with van der Waals surface area (Å²) >= 11 is 0. The van der Waals surface area contributed by atoms with Crippen LogP contribution >= 0.6 is 0 Å². The molecule has 0 saturated carbocycles. The highest BCUT2D eigenvalue weighted by atomic mass is 16.4. The smallest absolute Gasteiger partial charge is 0.328 e. The third-order valence-electron chi connectivity index (χ3n) is 5.75. The zero-order valence-corrected chi connectivity index (χ0v) is 20.2. The highest BCUT2D eigenvalue weighted by Crippen LogP contribution is 2.12. The van der Waals surface area contributed by atoms with Crippen molar-refractivity contribution < 1.29 is 14.7 Å². The van der Waals surface area contributed by atoms with Gasteiger partial charge in [-0.2, -0.15) is 0 Å². The first-order chi connectivity index (χ1) is 15.6. The van der Waals surface area contributed by atoms with Crippen molar-refractivity contribution in [2.45, 2.75) is 96.8 Å². The molecular formula is C26H45N3O3. The van der Waals surface area contributed by atoms with Gasteiger partial charge in [0.1, 0.15) is 0 Å². The molecule has 2 N–H and O–H groups in total. The van der Waals surface area contributed by atoms with Crippen LogP contribution in [0.25, 0.3) is 0 Å². The van der Waals surface area contributed by atoms with Gasteiger partial charge in [0.05, 0.1) is 12.4 Å². The number of aliphatic imine (C=N–C) groups is 1. The summed E-state index contributed by atoms with van der Waals surface area (Å²) in [7, 11) is 0. The van der Waals surface area contributed by atoms with E-state index in [0.29, 0.717) is 6.54 Å². The van der Waals surface area contributed by atoms with Crippen molar-refractivity contribution >= 4 is 17.7 Å². The SMILES string of the molecule is CCCCCCCCC=CCCCCCCCC1=NCCN1CCNC(=O)C=CC(=O)O. The molecule has 32 heavy (non-hydrogen) atoms. The third-order valence-corrected chi connectivity index (χ3v) is 5.75. The van der Waals surface area contributed by atoms with Gasteiger partial charge in [-0.1, -0.05) is 70.4 Å². The van der Waals surface area contributed by atoms with Crippen LogP contribution in [0.1, 0.15) is 96.8 Å². The van der Waals surface area contributed by atoms with Crippen molar-refractivity contribution in [3.63, 3.8) is 0 Å².